The van der Waals surface area contributed by atoms with Gasteiger partial charge in [0.05, 0.1) is 0 Å². The molecule has 0 bridgehead atoms. The lowest BCUT2D eigenvalue weighted by atomic mass is 9.92. The summed E-state index contributed by atoms with van der Waals surface area (Å²) in [5, 5.41) is 7.03. The second kappa shape index (κ2) is 10.2. The van der Waals surface area contributed by atoms with Gasteiger partial charge in [0.25, 0.3) is 0 Å². The molecule has 2 saturated heterocycles. The van der Waals surface area contributed by atoms with Crippen molar-refractivity contribution in [3.63, 3.8) is 0 Å². The van der Waals surface area contributed by atoms with Crippen LogP contribution in [0.3, 0.4) is 0 Å². The van der Waals surface area contributed by atoms with Crippen LogP contribution in [0.25, 0.3) is 0 Å². The molecule has 156 valence electrons. The van der Waals surface area contributed by atoms with E-state index in [1.54, 1.807) is 0 Å². The Morgan fingerprint density at radius 2 is 1.64 bits per heavy atom. The quantitative estimate of drug-likeness (QED) is 0.718. The molecule has 2 aliphatic heterocycles. The summed E-state index contributed by atoms with van der Waals surface area (Å²) in [5.41, 5.74) is 0. The fraction of sp³-hybridized carbons (Fsp3) is 0.762. The number of hydrogen-bond donors (Lipinski definition) is 2. The molecule has 28 heavy (non-hydrogen) atoms. The Hall–Kier alpha value is -1.63. The highest BCUT2D eigenvalue weighted by atomic mass is 32.1. The highest BCUT2D eigenvalue weighted by Crippen LogP contribution is 2.29. The first-order valence-corrected chi connectivity index (χ1v) is 11.4. The molecule has 1 aromatic heterocycles. The number of nitrogens with one attached hydrogen (secondary N) is 2. The van der Waals surface area contributed by atoms with Crippen LogP contribution in [0.5, 0.6) is 0 Å². The average Bonchev–Trinajstić information content (AvgIpc) is 2.95. The lowest BCUT2D eigenvalue weighted by molar-refractivity contribution is 0.355. The zero-order chi connectivity index (χ0) is 19.9. The second-order valence-electron chi connectivity index (χ2n) is 8.54. The van der Waals surface area contributed by atoms with E-state index in [-0.39, 0.29) is 0 Å². The van der Waals surface area contributed by atoms with Gasteiger partial charge in [0, 0.05) is 38.8 Å². The smallest absolute Gasteiger partial charge is 0.232 e. The van der Waals surface area contributed by atoms with E-state index in [1.807, 2.05) is 0 Å². The van der Waals surface area contributed by atoms with Crippen LogP contribution in [0.15, 0.2) is 6.07 Å². The lowest BCUT2D eigenvalue weighted by Gasteiger charge is -2.36. The van der Waals surface area contributed by atoms with Crippen molar-refractivity contribution in [3.05, 3.63) is 6.07 Å². The Kier molecular flexibility index (Phi) is 7.71. The molecule has 7 heteroatoms. The number of nitrogens with zero attached hydrogens (tertiary/aromatic N) is 4. The highest BCUT2D eigenvalue weighted by molar-refractivity contribution is 7.80. The standard InChI is InChI=1S/C21H36N6S/c1-4-9-22-21(28)25-20-23-18(26-10-7-5-6-8-11-26)13-19(24-20)27-14-16(2)12-17(3)15-27/h13,16-17H,4-12,14-15H2,1-3H3,(H2,22,23,24,25,28). The fourth-order valence-electron chi connectivity index (χ4n) is 4.34. The first-order valence-electron chi connectivity index (χ1n) is 11.0. The SMILES string of the molecule is CCCNC(=S)Nc1nc(N2CCCCCC2)cc(N2CC(C)CC(C)C2)n1. The molecule has 0 saturated carbocycles. The Morgan fingerprint density at radius 3 is 2.25 bits per heavy atom. The first kappa shape index (κ1) is 21.1. The van der Waals surface area contributed by atoms with Gasteiger partial charge in [-0.15, -0.1) is 0 Å². The van der Waals surface area contributed by atoms with Crippen LogP contribution in [-0.4, -0.2) is 47.8 Å². The van der Waals surface area contributed by atoms with Gasteiger partial charge >= 0.3 is 0 Å². The van der Waals surface area contributed by atoms with Gasteiger partial charge in [-0.1, -0.05) is 33.6 Å². The minimum atomic E-state index is 0.598. The van der Waals surface area contributed by atoms with Gasteiger partial charge in [-0.25, -0.2) is 0 Å². The van der Waals surface area contributed by atoms with E-state index in [0.29, 0.717) is 22.9 Å². The lowest BCUT2D eigenvalue weighted by Crippen LogP contribution is -2.39. The fourth-order valence-corrected chi connectivity index (χ4v) is 4.53. The molecule has 2 unspecified atom stereocenters. The molecule has 0 radical (unpaired) electrons. The normalized spacial score (nSPS) is 23.2. The van der Waals surface area contributed by atoms with Crippen molar-refractivity contribution in [2.45, 2.75) is 59.3 Å². The minimum Gasteiger partial charge on any atom is -0.362 e. The van der Waals surface area contributed by atoms with Crippen LogP contribution in [0.4, 0.5) is 17.6 Å². The summed E-state index contributed by atoms with van der Waals surface area (Å²) in [4.78, 5) is 14.5. The molecule has 3 rings (SSSR count). The van der Waals surface area contributed by atoms with Gasteiger partial charge in [-0.3, -0.25) is 0 Å². The number of aromatic nitrogens is 2. The predicted octanol–water partition coefficient (Wildman–Crippen LogP) is 4.04. The van der Waals surface area contributed by atoms with Gasteiger partial charge in [0.15, 0.2) is 5.11 Å². The van der Waals surface area contributed by atoms with Gasteiger partial charge in [0.1, 0.15) is 11.6 Å². The van der Waals surface area contributed by atoms with Crippen molar-refractivity contribution in [1.29, 1.82) is 0 Å². The zero-order valence-corrected chi connectivity index (χ0v) is 18.5. The van der Waals surface area contributed by atoms with E-state index in [0.717, 1.165) is 50.8 Å². The van der Waals surface area contributed by atoms with Crippen molar-refractivity contribution in [1.82, 2.24) is 15.3 Å². The van der Waals surface area contributed by atoms with Gasteiger partial charge in [-0.2, -0.15) is 9.97 Å². The van der Waals surface area contributed by atoms with Crippen molar-refractivity contribution < 1.29 is 0 Å². The van der Waals surface area contributed by atoms with Gasteiger partial charge < -0.3 is 20.4 Å². The van der Waals surface area contributed by atoms with Crippen molar-refractivity contribution >= 4 is 34.9 Å². The molecule has 2 atom stereocenters. The minimum absolute atomic E-state index is 0.598. The van der Waals surface area contributed by atoms with E-state index >= 15 is 0 Å². The van der Waals surface area contributed by atoms with Gasteiger partial charge in [0.2, 0.25) is 5.95 Å². The highest BCUT2D eigenvalue weighted by Gasteiger charge is 2.24. The second-order valence-corrected chi connectivity index (χ2v) is 8.95. The van der Waals surface area contributed by atoms with E-state index in [2.05, 4.69) is 47.3 Å². The zero-order valence-electron chi connectivity index (χ0n) is 17.7. The van der Waals surface area contributed by atoms with Crippen LogP contribution in [0.2, 0.25) is 0 Å². The van der Waals surface area contributed by atoms with Crippen molar-refractivity contribution in [3.8, 4) is 0 Å². The number of piperidine rings is 1. The summed E-state index contributed by atoms with van der Waals surface area (Å²) < 4.78 is 0. The molecule has 0 aromatic carbocycles. The molecule has 6 nitrogen and oxygen atoms in total. The van der Waals surface area contributed by atoms with Crippen LogP contribution in [-0.2, 0) is 0 Å². The maximum Gasteiger partial charge on any atom is 0.232 e. The Labute approximate surface area is 175 Å². The molecule has 0 spiro atoms. The summed E-state index contributed by atoms with van der Waals surface area (Å²) in [7, 11) is 0. The van der Waals surface area contributed by atoms with Crippen molar-refractivity contribution in [2.75, 3.05) is 47.8 Å². The number of rotatable bonds is 5. The Balaban J connectivity index is 1.85. The average molecular weight is 405 g/mol. The molecule has 3 heterocycles. The van der Waals surface area contributed by atoms with Crippen LogP contribution in [0, 0.1) is 11.8 Å². The van der Waals surface area contributed by atoms with Crippen LogP contribution < -0.4 is 20.4 Å². The first-order chi connectivity index (χ1) is 13.5. The van der Waals surface area contributed by atoms with Crippen LogP contribution >= 0.6 is 12.2 Å². The molecular weight excluding hydrogens is 368 g/mol. The molecule has 2 aliphatic rings. The monoisotopic (exact) mass is 404 g/mol. The third-order valence-electron chi connectivity index (χ3n) is 5.58. The van der Waals surface area contributed by atoms with E-state index in [1.165, 1.54) is 32.1 Å². The molecular formula is C21H36N6S. The molecule has 1 aromatic rings. The van der Waals surface area contributed by atoms with Crippen LogP contribution in [0.1, 0.15) is 59.3 Å². The summed E-state index contributed by atoms with van der Waals surface area (Å²) in [5.74, 6) is 4.02. The molecule has 0 amide bonds. The largest absolute Gasteiger partial charge is 0.362 e. The van der Waals surface area contributed by atoms with E-state index in [9.17, 15) is 0 Å². The number of hydrogen-bond acceptors (Lipinski definition) is 5. The number of anilines is 3. The Morgan fingerprint density at radius 1 is 1.04 bits per heavy atom. The van der Waals surface area contributed by atoms with Gasteiger partial charge in [-0.05, 0) is 49.7 Å². The van der Waals surface area contributed by atoms with E-state index in [4.69, 9.17) is 22.2 Å². The third-order valence-corrected chi connectivity index (χ3v) is 5.83. The molecule has 0 aliphatic carbocycles. The predicted molar refractivity (Wildman–Crippen MR) is 122 cm³/mol. The number of thiocarbonyl (C=S) groups is 1. The van der Waals surface area contributed by atoms with Crippen molar-refractivity contribution in [2.24, 2.45) is 11.8 Å². The van der Waals surface area contributed by atoms with E-state index < -0.39 is 0 Å². The summed E-state index contributed by atoms with van der Waals surface area (Å²) in [6.45, 7) is 11.9. The summed E-state index contributed by atoms with van der Waals surface area (Å²) in [6.07, 6.45) is 7.41. The Bertz CT molecular complexity index is 634. The summed E-state index contributed by atoms with van der Waals surface area (Å²) in [6, 6.07) is 2.18. The molecule has 2 fully saturated rings. The summed E-state index contributed by atoms with van der Waals surface area (Å²) >= 11 is 5.43. The third kappa shape index (κ3) is 5.93. The maximum absolute atomic E-state index is 5.43. The topological polar surface area (TPSA) is 56.3 Å². The molecule has 2 N–H and O–H groups in total. The maximum atomic E-state index is 5.43.